The summed E-state index contributed by atoms with van der Waals surface area (Å²) in [4.78, 5) is 14.8. The van der Waals surface area contributed by atoms with E-state index in [-0.39, 0.29) is 18.1 Å². The Morgan fingerprint density at radius 2 is 2.10 bits per heavy atom. The number of benzene rings is 1. The second-order valence-corrected chi connectivity index (χ2v) is 6.82. The van der Waals surface area contributed by atoms with Crippen LogP contribution in [0.15, 0.2) is 24.3 Å². The zero-order valence-electron chi connectivity index (χ0n) is 12.4. The molecule has 0 bridgehead atoms. The number of carbonyl (C=O) groups excluding carboxylic acids is 1. The summed E-state index contributed by atoms with van der Waals surface area (Å²) in [5.41, 5.74) is 2.76. The highest BCUT2D eigenvalue weighted by Crippen LogP contribution is 2.27. The average molecular weight is 352 g/mol. The van der Waals surface area contributed by atoms with Crippen LogP contribution in [0.25, 0.3) is 0 Å². The molecule has 3 atom stereocenters. The quantitative estimate of drug-likeness (QED) is 0.766. The van der Waals surface area contributed by atoms with Crippen molar-refractivity contribution in [2.75, 3.05) is 18.4 Å². The van der Waals surface area contributed by atoms with E-state index < -0.39 is 0 Å². The molecule has 1 fully saturated rings. The first kappa shape index (κ1) is 15.0. The van der Waals surface area contributed by atoms with Crippen LogP contribution in [-0.4, -0.2) is 41.4 Å². The van der Waals surface area contributed by atoms with Gasteiger partial charge in [0.2, 0.25) is 5.91 Å². The van der Waals surface area contributed by atoms with Crippen molar-refractivity contribution in [1.29, 1.82) is 0 Å². The molecule has 0 aromatic heterocycles. The van der Waals surface area contributed by atoms with Crippen LogP contribution in [0.3, 0.4) is 0 Å². The van der Waals surface area contributed by atoms with Crippen LogP contribution in [0.2, 0.25) is 0 Å². The third-order valence-electron chi connectivity index (χ3n) is 4.51. The average Bonchev–Trinajstić information content (AvgIpc) is 2.53. The Kier molecular flexibility index (Phi) is 4.65. The van der Waals surface area contributed by atoms with Gasteiger partial charge in [0.1, 0.15) is 0 Å². The van der Waals surface area contributed by atoms with Crippen molar-refractivity contribution < 1.29 is 9.53 Å². The number of hydrogen-bond acceptors (Lipinski definition) is 2. The van der Waals surface area contributed by atoms with Crippen LogP contribution >= 0.6 is 15.9 Å². The fourth-order valence-corrected chi connectivity index (χ4v) is 3.83. The van der Waals surface area contributed by atoms with Crippen LogP contribution in [-0.2, 0) is 22.4 Å². The minimum Gasteiger partial charge on any atom is -0.371 e. The molecule has 1 saturated heterocycles. The van der Waals surface area contributed by atoms with Gasteiger partial charge in [0.15, 0.2) is 0 Å². The lowest BCUT2D eigenvalue weighted by atomic mass is 9.83. The van der Waals surface area contributed by atoms with E-state index in [2.05, 4.69) is 40.2 Å². The lowest BCUT2D eigenvalue weighted by Gasteiger charge is -2.38. The highest BCUT2D eigenvalue weighted by Gasteiger charge is 2.33. The first-order chi connectivity index (χ1) is 10.2. The van der Waals surface area contributed by atoms with E-state index in [0.29, 0.717) is 12.5 Å². The minimum atomic E-state index is 0.119. The molecule has 3 nitrogen and oxygen atoms in total. The highest BCUT2D eigenvalue weighted by atomic mass is 79.9. The van der Waals surface area contributed by atoms with E-state index >= 15 is 0 Å². The van der Waals surface area contributed by atoms with E-state index in [1.807, 2.05) is 11.8 Å². The number of halogens is 1. The Morgan fingerprint density at radius 1 is 1.33 bits per heavy atom. The molecule has 3 unspecified atom stereocenters. The first-order valence-corrected chi connectivity index (χ1v) is 8.86. The standard InChI is InChI=1S/C17H22BrNO2/c1-12-10-19(11-16(9-18)21-12)17(20)15-7-6-13-4-2-3-5-14(13)8-15/h2-5,12,15-16H,6-11H2,1H3. The van der Waals surface area contributed by atoms with Crippen LogP contribution in [0.4, 0.5) is 0 Å². The topological polar surface area (TPSA) is 29.5 Å². The lowest BCUT2D eigenvalue weighted by Crippen LogP contribution is -2.52. The fourth-order valence-electron chi connectivity index (χ4n) is 3.48. The van der Waals surface area contributed by atoms with Crippen molar-refractivity contribution in [3.63, 3.8) is 0 Å². The molecular weight excluding hydrogens is 330 g/mol. The summed E-state index contributed by atoms with van der Waals surface area (Å²) in [6.07, 6.45) is 3.13. The number of carbonyl (C=O) groups is 1. The van der Waals surface area contributed by atoms with Gasteiger partial charge in [0, 0.05) is 24.3 Å². The van der Waals surface area contributed by atoms with E-state index in [4.69, 9.17) is 4.74 Å². The third-order valence-corrected chi connectivity index (χ3v) is 5.23. The molecule has 0 saturated carbocycles. The summed E-state index contributed by atoms with van der Waals surface area (Å²) < 4.78 is 5.82. The molecule has 21 heavy (non-hydrogen) atoms. The van der Waals surface area contributed by atoms with Crippen molar-refractivity contribution in [1.82, 2.24) is 4.90 Å². The van der Waals surface area contributed by atoms with Gasteiger partial charge in [-0.2, -0.15) is 0 Å². The zero-order chi connectivity index (χ0) is 14.8. The van der Waals surface area contributed by atoms with Gasteiger partial charge in [-0.15, -0.1) is 0 Å². The number of morpholine rings is 1. The number of fused-ring (bicyclic) bond motifs is 1. The number of aryl methyl sites for hydroxylation is 1. The van der Waals surface area contributed by atoms with Gasteiger partial charge in [-0.1, -0.05) is 40.2 Å². The molecule has 1 amide bonds. The highest BCUT2D eigenvalue weighted by molar-refractivity contribution is 9.09. The maximum absolute atomic E-state index is 12.8. The van der Waals surface area contributed by atoms with Gasteiger partial charge in [0.25, 0.3) is 0 Å². The van der Waals surface area contributed by atoms with Crippen molar-refractivity contribution in [3.05, 3.63) is 35.4 Å². The molecule has 4 heteroatoms. The molecule has 114 valence electrons. The summed E-state index contributed by atoms with van der Waals surface area (Å²) in [5, 5.41) is 0.786. The van der Waals surface area contributed by atoms with E-state index in [0.717, 1.165) is 31.1 Å². The zero-order valence-corrected chi connectivity index (χ0v) is 14.0. The molecular formula is C17H22BrNO2. The van der Waals surface area contributed by atoms with Crippen LogP contribution in [0.5, 0.6) is 0 Å². The second-order valence-electron chi connectivity index (χ2n) is 6.17. The molecule has 1 aliphatic carbocycles. The number of rotatable bonds is 2. The molecule has 1 aliphatic heterocycles. The van der Waals surface area contributed by atoms with Gasteiger partial charge >= 0.3 is 0 Å². The maximum atomic E-state index is 12.8. The molecule has 1 aromatic carbocycles. The molecule has 0 spiro atoms. The predicted octanol–water partition coefficient (Wildman–Crippen LogP) is 2.80. The Balaban J connectivity index is 1.68. The van der Waals surface area contributed by atoms with Crippen molar-refractivity contribution in [2.24, 2.45) is 5.92 Å². The Hall–Kier alpha value is -0.870. The van der Waals surface area contributed by atoms with Gasteiger partial charge in [-0.3, -0.25) is 4.79 Å². The summed E-state index contributed by atoms with van der Waals surface area (Å²) in [5.74, 6) is 0.451. The maximum Gasteiger partial charge on any atom is 0.226 e. The van der Waals surface area contributed by atoms with Crippen LogP contribution in [0, 0.1) is 5.92 Å². The normalized spacial score (nSPS) is 29.0. The summed E-state index contributed by atoms with van der Waals surface area (Å²) >= 11 is 3.47. The number of amides is 1. The van der Waals surface area contributed by atoms with Crippen molar-refractivity contribution in [3.8, 4) is 0 Å². The van der Waals surface area contributed by atoms with Crippen LogP contribution in [0.1, 0.15) is 24.5 Å². The van der Waals surface area contributed by atoms with Gasteiger partial charge in [0.05, 0.1) is 12.2 Å². The first-order valence-electron chi connectivity index (χ1n) is 7.74. The Bertz CT molecular complexity index is 519. The molecule has 3 rings (SSSR count). The molecule has 0 N–H and O–H groups in total. The predicted molar refractivity (Wildman–Crippen MR) is 86.7 cm³/mol. The Morgan fingerprint density at radius 3 is 2.86 bits per heavy atom. The van der Waals surface area contributed by atoms with E-state index in [9.17, 15) is 4.79 Å². The molecule has 2 aliphatic rings. The second kappa shape index (κ2) is 6.49. The number of ether oxygens (including phenoxy) is 1. The summed E-state index contributed by atoms with van der Waals surface area (Å²) in [6.45, 7) is 3.48. The van der Waals surface area contributed by atoms with E-state index in [1.54, 1.807) is 0 Å². The largest absolute Gasteiger partial charge is 0.371 e. The number of nitrogens with zero attached hydrogens (tertiary/aromatic N) is 1. The van der Waals surface area contributed by atoms with E-state index in [1.165, 1.54) is 11.1 Å². The summed E-state index contributed by atoms with van der Waals surface area (Å²) in [7, 11) is 0. The van der Waals surface area contributed by atoms with Gasteiger partial charge in [-0.25, -0.2) is 0 Å². The number of hydrogen-bond donors (Lipinski definition) is 0. The lowest BCUT2D eigenvalue weighted by molar-refractivity contribution is -0.147. The third kappa shape index (κ3) is 3.32. The molecule has 1 aromatic rings. The van der Waals surface area contributed by atoms with Gasteiger partial charge < -0.3 is 9.64 Å². The molecule has 1 heterocycles. The number of alkyl halides is 1. The summed E-state index contributed by atoms with van der Waals surface area (Å²) in [6, 6.07) is 8.51. The Labute approximate surface area is 134 Å². The smallest absolute Gasteiger partial charge is 0.226 e. The van der Waals surface area contributed by atoms with Crippen LogP contribution < -0.4 is 0 Å². The van der Waals surface area contributed by atoms with Crippen molar-refractivity contribution in [2.45, 2.75) is 38.4 Å². The van der Waals surface area contributed by atoms with Crippen molar-refractivity contribution >= 4 is 21.8 Å². The fraction of sp³-hybridized carbons (Fsp3) is 0.588. The molecule has 0 radical (unpaired) electrons. The monoisotopic (exact) mass is 351 g/mol. The minimum absolute atomic E-state index is 0.119. The van der Waals surface area contributed by atoms with Gasteiger partial charge in [-0.05, 0) is 37.3 Å². The SMILES string of the molecule is CC1CN(C(=O)C2CCc3ccccc3C2)CC(CBr)O1.